The molecular formula is C20H16N4O2S2. The summed E-state index contributed by atoms with van der Waals surface area (Å²) in [5.74, 6) is 0.944. The number of anilines is 1. The lowest BCUT2D eigenvalue weighted by Crippen LogP contribution is -2.13. The summed E-state index contributed by atoms with van der Waals surface area (Å²) in [6.45, 7) is 1.72. The second-order valence-corrected chi connectivity index (χ2v) is 8.13. The van der Waals surface area contributed by atoms with Gasteiger partial charge in [0.2, 0.25) is 5.13 Å². The first-order chi connectivity index (χ1) is 13.7. The summed E-state index contributed by atoms with van der Waals surface area (Å²) in [6.07, 6.45) is 0. The Morgan fingerprint density at radius 2 is 1.79 bits per heavy atom. The molecule has 8 heteroatoms. The van der Waals surface area contributed by atoms with Crippen molar-refractivity contribution >= 4 is 34.1 Å². The van der Waals surface area contributed by atoms with Gasteiger partial charge >= 0.3 is 0 Å². The molecule has 1 amide bonds. The largest absolute Gasteiger partial charge is 0.360 e. The molecule has 0 fully saturated rings. The monoisotopic (exact) mass is 408 g/mol. The highest BCUT2D eigenvalue weighted by atomic mass is 32.2. The van der Waals surface area contributed by atoms with E-state index < -0.39 is 0 Å². The van der Waals surface area contributed by atoms with Crippen molar-refractivity contribution in [2.75, 3.05) is 5.32 Å². The second-order valence-electron chi connectivity index (χ2n) is 5.93. The summed E-state index contributed by atoms with van der Waals surface area (Å²) < 4.78 is 6.05. The molecule has 4 aromatic rings. The summed E-state index contributed by atoms with van der Waals surface area (Å²) in [4.78, 5) is 12.8. The normalized spacial score (nSPS) is 10.8. The number of carbonyl (C=O) groups excluding carboxylic acids is 1. The van der Waals surface area contributed by atoms with Crippen molar-refractivity contribution in [3.8, 4) is 11.3 Å². The first-order valence-electron chi connectivity index (χ1n) is 8.54. The Labute approximate surface area is 170 Å². The standard InChI is InChI=1S/C20H16N4O2S2/c1-13-16(17(24-26-13)15-10-6-3-7-11-15)18(25)21-19-22-23-20(28-19)27-12-14-8-4-2-5-9-14/h2-11H,12H2,1H3,(H,21,22,25). The molecule has 6 nitrogen and oxygen atoms in total. The number of aromatic nitrogens is 3. The fourth-order valence-corrected chi connectivity index (χ4v) is 4.33. The zero-order chi connectivity index (χ0) is 19.3. The molecule has 0 radical (unpaired) electrons. The van der Waals surface area contributed by atoms with Gasteiger partial charge in [-0.3, -0.25) is 10.1 Å². The minimum Gasteiger partial charge on any atom is -0.360 e. The molecule has 1 N–H and O–H groups in total. The molecule has 28 heavy (non-hydrogen) atoms. The predicted molar refractivity (Wildman–Crippen MR) is 111 cm³/mol. The number of amides is 1. The van der Waals surface area contributed by atoms with Crippen LogP contribution in [0, 0.1) is 6.92 Å². The van der Waals surface area contributed by atoms with E-state index >= 15 is 0 Å². The fraction of sp³-hybridized carbons (Fsp3) is 0.100. The Hall–Kier alpha value is -2.97. The highest BCUT2D eigenvalue weighted by Crippen LogP contribution is 2.30. The predicted octanol–water partition coefficient (Wildman–Crippen LogP) is 5.05. The lowest BCUT2D eigenvalue weighted by atomic mass is 10.1. The van der Waals surface area contributed by atoms with Crippen LogP contribution in [0.3, 0.4) is 0 Å². The van der Waals surface area contributed by atoms with Crippen molar-refractivity contribution < 1.29 is 9.32 Å². The van der Waals surface area contributed by atoms with Crippen LogP contribution in [0.15, 0.2) is 69.5 Å². The van der Waals surface area contributed by atoms with Crippen LogP contribution >= 0.6 is 23.1 Å². The van der Waals surface area contributed by atoms with E-state index in [1.165, 1.54) is 16.9 Å². The van der Waals surface area contributed by atoms with E-state index in [4.69, 9.17) is 4.52 Å². The van der Waals surface area contributed by atoms with Gasteiger partial charge in [-0.15, -0.1) is 10.2 Å². The van der Waals surface area contributed by atoms with Crippen LogP contribution in [-0.4, -0.2) is 21.3 Å². The van der Waals surface area contributed by atoms with Crippen molar-refractivity contribution in [2.45, 2.75) is 17.0 Å². The highest BCUT2D eigenvalue weighted by Gasteiger charge is 2.22. The molecule has 140 valence electrons. The highest BCUT2D eigenvalue weighted by molar-refractivity contribution is 8.00. The molecule has 0 atom stereocenters. The average Bonchev–Trinajstić information content (AvgIpc) is 3.34. The maximum absolute atomic E-state index is 12.8. The Morgan fingerprint density at radius 3 is 2.54 bits per heavy atom. The van der Waals surface area contributed by atoms with E-state index in [9.17, 15) is 4.79 Å². The molecule has 0 aliphatic rings. The van der Waals surface area contributed by atoms with Crippen molar-refractivity contribution in [2.24, 2.45) is 0 Å². The Kier molecular flexibility index (Phi) is 5.50. The third-order valence-electron chi connectivity index (χ3n) is 3.97. The molecule has 0 unspecified atom stereocenters. The van der Waals surface area contributed by atoms with Crippen molar-refractivity contribution in [1.29, 1.82) is 0 Å². The number of hydrogen-bond donors (Lipinski definition) is 1. The summed E-state index contributed by atoms with van der Waals surface area (Å²) in [6, 6.07) is 19.6. The molecule has 0 spiro atoms. The van der Waals surface area contributed by atoms with Crippen molar-refractivity contribution in [3.05, 3.63) is 77.6 Å². The maximum atomic E-state index is 12.8. The van der Waals surface area contributed by atoms with Crippen LogP contribution < -0.4 is 5.32 Å². The third kappa shape index (κ3) is 4.13. The van der Waals surface area contributed by atoms with Crippen LogP contribution in [0.5, 0.6) is 0 Å². The van der Waals surface area contributed by atoms with Crippen LogP contribution in [0.1, 0.15) is 21.7 Å². The number of benzene rings is 2. The maximum Gasteiger partial charge on any atom is 0.263 e. The average molecular weight is 409 g/mol. The number of carbonyl (C=O) groups is 1. The van der Waals surface area contributed by atoms with Gasteiger partial charge in [0.05, 0.1) is 0 Å². The first-order valence-corrected chi connectivity index (χ1v) is 10.3. The van der Waals surface area contributed by atoms with Gasteiger partial charge in [-0.2, -0.15) is 0 Å². The smallest absolute Gasteiger partial charge is 0.263 e. The Bertz CT molecular complexity index is 1080. The van der Waals surface area contributed by atoms with E-state index in [1.54, 1.807) is 18.7 Å². The zero-order valence-electron chi connectivity index (χ0n) is 15.0. The minimum atomic E-state index is -0.312. The van der Waals surface area contributed by atoms with E-state index in [0.29, 0.717) is 22.1 Å². The lowest BCUT2D eigenvalue weighted by molar-refractivity contribution is 0.102. The number of rotatable bonds is 6. The lowest BCUT2D eigenvalue weighted by Gasteiger charge is -2.02. The first kappa shape index (κ1) is 18.4. The third-order valence-corrected chi connectivity index (χ3v) is 6.01. The van der Waals surface area contributed by atoms with Gasteiger partial charge in [-0.25, -0.2) is 0 Å². The molecule has 0 bridgehead atoms. The second kappa shape index (κ2) is 8.37. The van der Waals surface area contributed by atoms with Gasteiger partial charge in [0.25, 0.3) is 5.91 Å². The van der Waals surface area contributed by atoms with Gasteiger partial charge in [0.1, 0.15) is 17.0 Å². The van der Waals surface area contributed by atoms with E-state index in [1.807, 2.05) is 48.5 Å². The Morgan fingerprint density at radius 1 is 1.07 bits per heavy atom. The number of thioether (sulfide) groups is 1. The topological polar surface area (TPSA) is 80.9 Å². The summed E-state index contributed by atoms with van der Waals surface area (Å²) in [7, 11) is 0. The number of aryl methyl sites for hydroxylation is 1. The van der Waals surface area contributed by atoms with Crippen LogP contribution in [0.4, 0.5) is 5.13 Å². The van der Waals surface area contributed by atoms with Gasteiger partial charge in [-0.1, -0.05) is 88.9 Å². The minimum absolute atomic E-state index is 0.312. The van der Waals surface area contributed by atoms with Crippen molar-refractivity contribution in [1.82, 2.24) is 15.4 Å². The molecule has 0 aliphatic heterocycles. The van der Waals surface area contributed by atoms with Crippen LogP contribution in [0.2, 0.25) is 0 Å². The summed E-state index contributed by atoms with van der Waals surface area (Å²) in [5, 5.41) is 15.5. The molecule has 0 aliphatic carbocycles. The number of nitrogens with zero attached hydrogens (tertiary/aromatic N) is 3. The molecule has 4 rings (SSSR count). The number of nitrogens with one attached hydrogen (secondary N) is 1. The quantitative estimate of drug-likeness (QED) is 0.355. The zero-order valence-corrected chi connectivity index (χ0v) is 16.6. The molecule has 0 saturated heterocycles. The van der Waals surface area contributed by atoms with Gasteiger partial charge in [0.15, 0.2) is 4.34 Å². The van der Waals surface area contributed by atoms with E-state index in [2.05, 4.69) is 32.8 Å². The summed E-state index contributed by atoms with van der Waals surface area (Å²) >= 11 is 2.93. The van der Waals surface area contributed by atoms with E-state index in [-0.39, 0.29) is 5.91 Å². The summed E-state index contributed by atoms with van der Waals surface area (Å²) in [5.41, 5.74) is 2.94. The number of hydrogen-bond acceptors (Lipinski definition) is 7. The van der Waals surface area contributed by atoms with Gasteiger partial charge in [-0.05, 0) is 12.5 Å². The van der Waals surface area contributed by atoms with Crippen LogP contribution in [0.25, 0.3) is 11.3 Å². The van der Waals surface area contributed by atoms with Gasteiger partial charge < -0.3 is 4.52 Å². The molecule has 0 saturated carbocycles. The van der Waals surface area contributed by atoms with E-state index in [0.717, 1.165) is 15.7 Å². The van der Waals surface area contributed by atoms with Crippen LogP contribution in [-0.2, 0) is 5.75 Å². The molecule has 2 heterocycles. The fourth-order valence-electron chi connectivity index (χ4n) is 2.63. The van der Waals surface area contributed by atoms with Crippen molar-refractivity contribution in [3.63, 3.8) is 0 Å². The Balaban J connectivity index is 1.46. The molecule has 2 aromatic carbocycles. The van der Waals surface area contributed by atoms with Gasteiger partial charge in [0, 0.05) is 11.3 Å². The molecular weight excluding hydrogens is 392 g/mol. The molecule has 2 aromatic heterocycles. The SMILES string of the molecule is Cc1onc(-c2ccccc2)c1C(=O)Nc1nnc(SCc2ccccc2)s1.